The maximum absolute atomic E-state index is 13.5. The number of pyridine rings is 1. The van der Waals surface area contributed by atoms with E-state index in [1.165, 1.54) is 23.5 Å². The van der Waals surface area contributed by atoms with Gasteiger partial charge in [-0.15, -0.1) is 13.2 Å². The van der Waals surface area contributed by atoms with Crippen LogP contribution in [-0.4, -0.2) is 17.4 Å². The van der Waals surface area contributed by atoms with Crippen LogP contribution in [0.15, 0.2) is 42.7 Å². The van der Waals surface area contributed by atoms with Crippen LogP contribution in [0.25, 0.3) is 11.1 Å². The molecule has 2 N–H and O–H groups in total. The second-order valence-corrected chi connectivity index (χ2v) is 5.29. The SMILES string of the molecule is CC1C=CON1c1ccc(-c2cc(F)ccc2OC(F)(F)F)c(N)n1. The number of nitrogen functional groups attached to an aromatic ring is 1. The topological polar surface area (TPSA) is 60.6 Å². The highest BCUT2D eigenvalue weighted by Crippen LogP contribution is 2.37. The average molecular weight is 355 g/mol. The predicted molar refractivity (Wildman–Crippen MR) is 82.9 cm³/mol. The molecule has 1 aliphatic rings. The molecule has 132 valence electrons. The second-order valence-electron chi connectivity index (χ2n) is 5.29. The normalized spacial score (nSPS) is 16.8. The number of aromatic nitrogens is 1. The Labute approximate surface area is 140 Å². The molecule has 25 heavy (non-hydrogen) atoms. The highest BCUT2D eigenvalue weighted by atomic mass is 19.4. The molecule has 1 aromatic carbocycles. The lowest BCUT2D eigenvalue weighted by Crippen LogP contribution is -2.26. The van der Waals surface area contributed by atoms with Crippen molar-refractivity contribution in [2.75, 3.05) is 10.8 Å². The fraction of sp³-hybridized carbons (Fsp3) is 0.188. The number of hydrogen-bond acceptors (Lipinski definition) is 5. The Morgan fingerprint density at radius 3 is 2.56 bits per heavy atom. The zero-order valence-corrected chi connectivity index (χ0v) is 12.9. The van der Waals surface area contributed by atoms with Crippen LogP contribution in [0.1, 0.15) is 6.92 Å². The zero-order chi connectivity index (χ0) is 18.2. The lowest BCUT2D eigenvalue weighted by molar-refractivity contribution is -0.274. The molecule has 0 fully saturated rings. The van der Waals surface area contributed by atoms with Crippen molar-refractivity contribution in [3.8, 4) is 16.9 Å². The molecule has 0 radical (unpaired) electrons. The van der Waals surface area contributed by atoms with Crippen molar-refractivity contribution in [1.82, 2.24) is 4.98 Å². The molecular formula is C16H13F4N3O2. The third-order valence-corrected chi connectivity index (χ3v) is 3.49. The van der Waals surface area contributed by atoms with Gasteiger partial charge in [0.2, 0.25) is 0 Å². The van der Waals surface area contributed by atoms with Crippen molar-refractivity contribution in [2.24, 2.45) is 0 Å². The van der Waals surface area contributed by atoms with E-state index in [2.05, 4.69) is 9.72 Å². The molecule has 0 aliphatic carbocycles. The van der Waals surface area contributed by atoms with Gasteiger partial charge in [0.1, 0.15) is 23.6 Å². The number of hydroxylamine groups is 1. The van der Waals surface area contributed by atoms with Crippen LogP contribution in [0, 0.1) is 5.82 Å². The quantitative estimate of drug-likeness (QED) is 0.843. The molecule has 3 rings (SSSR count). The number of alkyl halides is 3. The van der Waals surface area contributed by atoms with Gasteiger partial charge in [-0.1, -0.05) is 0 Å². The van der Waals surface area contributed by atoms with Gasteiger partial charge in [-0.2, -0.15) is 5.06 Å². The lowest BCUT2D eigenvalue weighted by Gasteiger charge is -2.21. The largest absolute Gasteiger partial charge is 0.573 e. The smallest absolute Gasteiger partial charge is 0.405 e. The maximum Gasteiger partial charge on any atom is 0.573 e. The molecule has 1 unspecified atom stereocenters. The first-order chi connectivity index (χ1) is 11.7. The standard InChI is InChI=1S/C16H13F4N3O2/c1-9-6-7-24-23(9)14-5-3-11(15(21)22-14)12-8-10(17)2-4-13(12)25-16(18,19)20/h2-9H,1H3,(H2,21,22). The molecular weight excluding hydrogens is 342 g/mol. The molecule has 0 bridgehead atoms. The monoisotopic (exact) mass is 355 g/mol. The number of halogens is 4. The summed E-state index contributed by atoms with van der Waals surface area (Å²) in [6.07, 6.45) is -1.65. The number of benzene rings is 1. The van der Waals surface area contributed by atoms with Crippen LogP contribution in [0.3, 0.4) is 0 Å². The van der Waals surface area contributed by atoms with Crippen molar-refractivity contribution in [2.45, 2.75) is 19.3 Å². The molecule has 0 amide bonds. The lowest BCUT2D eigenvalue weighted by atomic mass is 10.1. The first kappa shape index (κ1) is 16.9. The summed E-state index contributed by atoms with van der Waals surface area (Å²) < 4.78 is 55.2. The van der Waals surface area contributed by atoms with E-state index in [9.17, 15) is 17.6 Å². The second kappa shape index (κ2) is 6.15. The molecule has 1 aromatic heterocycles. The van der Waals surface area contributed by atoms with Gasteiger partial charge in [0.15, 0.2) is 5.82 Å². The van der Waals surface area contributed by atoms with E-state index in [-0.39, 0.29) is 23.0 Å². The van der Waals surface area contributed by atoms with E-state index in [0.717, 1.165) is 18.2 Å². The predicted octanol–water partition coefficient (Wildman–Crippen LogP) is 4.02. The minimum absolute atomic E-state index is 0.0853. The summed E-state index contributed by atoms with van der Waals surface area (Å²) in [5, 5.41) is 1.47. The summed E-state index contributed by atoms with van der Waals surface area (Å²) in [6.45, 7) is 1.86. The minimum atomic E-state index is -4.92. The minimum Gasteiger partial charge on any atom is -0.405 e. The number of nitrogens with zero attached hydrogens (tertiary/aromatic N) is 2. The summed E-state index contributed by atoms with van der Waals surface area (Å²) in [5.41, 5.74) is 5.84. The summed E-state index contributed by atoms with van der Waals surface area (Å²) in [4.78, 5) is 9.39. The van der Waals surface area contributed by atoms with E-state index >= 15 is 0 Å². The van der Waals surface area contributed by atoms with Crippen LogP contribution in [-0.2, 0) is 4.84 Å². The average Bonchev–Trinajstić information content (AvgIpc) is 2.94. The summed E-state index contributed by atoms with van der Waals surface area (Å²) in [5.74, 6) is -1.01. The number of nitrogens with two attached hydrogens (primary N) is 1. The first-order valence-corrected chi connectivity index (χ1v) is 7.19. The molecule has 2 heterocycles. The Morgan fingerprint density at radius 2 is 1.96 bits per heavy atom. The maximum atomic E-state index is 13.5. The highest BCUT2D eigenvalue weighted by molar-refractivity contribution is 5.79. The van der Waals surface area contributed by atoms with Gasteiger partial charge in [-0.25, -0.2) is 9.37 Å². The van der Waals surface area contributed by atoms with Gasteiger partial charge >= 0.3 is 6.36 Å². The number of ether oxygens (including phenoxy) is 1. The van der Waals surface area contributed by atoms with Crippen LogP contribution in [0.5, 0.6) is 5.75 Å². The number of anilines is 2. The summed E-state index contributed by atoms with van der Waals surface area (Å²) >= 11 is 0. The van der Waals surface area contributed by atoms with E-state index in [4.69, 9.17) is 10.6 Å². The summed E-state index contributed by atoms with van der Waals surface area (Å²) in [7, 11) is 0. The Morgan fingerprint density at radius 1 is 1.20 bits per heavy atom. The molecule has 1 atom stereocenters. The van der Waals surface area contributed by atoms with Crippen molar-refractivity contribution >= 4 is 11.6 Å². The Bertz CT molecular complexity index is 824. The number of rotatable bonds is 3. The molecule has 9 heteroatoms. The Hall–Kier alpha value is -2.97. The van der Waals surface area contributed by atoms with Gasteiger partial charge < -0.3 is 15.3 Å². The molecule has 2 aromatic rings. The fourth-order valence-electron chi connectivity index (χ4n) is 2.39. The van der Waals surface area contributed by atoms with Crippen LogP contribution < -0.4 is 15.5 Å². The van der Waals surface area contributed by atoms with Crippen LogP contribution >= 0.6 is 0 Å². The summed E-state index contributed by atoms with van der Waals surface area (Å²) in [6, 6.07) is 5.53. The molecule has 0 spiro atoms. The molecule has 0 saturated heterocycles. The van der Waals surface area contributed by atoms with Gasteiger partial charge in [0.05, 0.1) is 6.04 Å². The number of hydrogen-bond donors (Lipinski definition) is 1. The van der Waals surface area contributed by atoms with Crippen molar-refractivity contribution in [1.29, 1.82) is 0 Å². The fourth-order valence-corrected chi connectivity index (χ4v) is 2.39. The van der Waals surface area contributed by atoms with Crippen molar-refractivity contribution < 1.29 is 27.1 Å². The van der Waals surface area contributed by atoms with E-state index < -0.39 is 17.9 Å². The zero-order valence-electron chi connectivity index (χ0n) is 12.9. The van der Waals surface area contributed by atoms with Gasteiger partial charge in [-0.05, 0) is 43.3 Å². The van der Waals surface area contributed by atoms with Crippen molar-refractivity contribution in [3.05, 3.63) is 48.5 Å². The molecule has 0 saturated carbocycles. The van der Waals surface area contributed by atoms with E-state index in [0.29, 0.717) is 5.82 Å². The van der Waals surface area contributed by atoms with Gasteiger partial charge in [-0.3, -0.25) is 0 Å². The third kappa shape index (κ3) is 3.59. The molecule has 1 aliphatic heterocycles. The Kier molecular flexibility index (Phi) is 4.15. The third-order valence-electron chi connectivity index (χ3n) is 3.49. The van der Waals surface area contributed by atoms with Crippen LogP contribution in [0.2, 0.25) is 0 Å². The van der Waals surface area contributed by atoms with E-state index in [1.54, 1.807) is 6.08 Å². The first-order valence-electron chi connectivity index (χ1n) is 7.19. The van der Waals surface area contributed by atoms with Gasteiger partial charge in [0.25, 0.3) is 0 Å². The van der Waals surface area contributed by atoms with Crippen molar-refractivity contribution in [3.63, 3.8) is 0 Å². The van der Waals surface area contributed by atoms with E-state index in [1.807, 2.05) is 6.92 Å². The van der Waals surface area contributed by atoms with Crippen LogP contribution in [0.4, 0.5) is 29.2 Å². The molecule has 5 nitrogen and oxygen atoms in total. The highest BCUT2D eigenvalue weighted by Gasteiger charge is 2.32. The Balaban J connectivity index is 2.00. The van der Waals surface area contributed by atoms with Gasteiger partial charge in [0, 0.05) is 11.1 Å².